The van der Waals surface area contributed by atoms with Crippen molar-refractivity contribution < 1.29 is 27.9 Å². The number of thiophene rings is 1. The largest absolute Gasteiger partial charge is 0.481 e. The average molecular weight is 372 g/mol. The number of aryl methyl sites for hydroxylation is 1. The van der Waals surface area contributed by atoms with Gasteiger partial charge in [-0.25, -0.2) is 4.98 Å². The second-order valence-corrected chi connectivity index (χ2v) is 7.07. The number of carboxylic acid groups (broad SMARTS) is 1. The van der Waals surface area contributed by atoms with Crippen molar-refractivity contribution in [3.05, 3.63) is 28.3 Å². The number of rotatable bonds is 2. The molecule has 5 nitrogen and oxygen atoms in total. The maximum absolute atomic E-state index is 12.8. The van der Waals surface area contributed by atoms with Crippen molar-refractivity contribution in [3.63, 3.8) is 0 Å². The maximum atomic E-state index is 12.8. The highest BCUT2D eigenvalue weighted by Gasteiger charge is 2.39. The number of aliphatic carboxylic acids is 1. The van der Waals surface area contributed by atoms with Gasteiger partial charge in [-0.2, -0.15) is 13.2 Å². The first-order chi connectivity index (χ1) is 11.6. The van der Waals surface area contributed by atoms with Gasteiger partial charge >= 0.3 is 12.1 Å². The Kier molecular flexibility index (Phi) is 4.22. The minimum Gasteiger partial charge on any atom is -0.481 e. The lowest BCUT2D eigenvalue weighted by Crippen LogP contribution is -2.37. The van der Waals surface area contributed by atoms with E-state index in [9.17, 15) is 27.9 Å². The number of likely N-dealkylation sites (tertiary alicyclic amines) is 1. The molecule has 0 bridgehead atoms. The summed E-state index contributed by atoms with van der Waals surface area (Å²) in [6, 6.07) is 1.75. The lowest BCUT2D eigenvalue weighted by molar-refractivity contribution is -0.142. The average Bonchev–Trinajstić information content (AvgIpc) is 3.06. The van der Waals surface area contributed by atoms with Gasteiger partial charge in [-0.15, -0.1) is 11.3 Å². The van der Waals surface area contributed by atoms with Crippen LogP contribution in [-0.4, -0.2) is 39.5 Å². The van der Waals surface area contributed by atoms with E-state index < -0.39 is 29.8 Å². The SMILES string of the molecule is Cc1c(C(=O)N2CCC(C(=O)O)C2C)sc2nc(C(F)(F)F)ccc12. The van der Waals surface area contributed by atoms with Crippen LogP contribution >= 0.6 is 11.3 Å². The molecule has 1 amide bonds. The zero-order valence-corrected chi connectivity index (χ0v) is 14.2. The standard InChI is InChI=1S/C16H15F3N2O3S/c1-7-9-3-4-11(16(17,18)19)20-13(9)25-12(7)14(22)21-6-5-10(8(21)2)15(23)24/h3-4,8,10H,5-6H2,1-2H3,(H,23,24). The van der Waals surface area contributed by atoms with Gasteiger partial charge in [0.15, 0.2) is 0 Å². The highest BCUT2D eigenvalue weighted by atomic mass is 32.1. The smallest absolute Gasteiger partial charge is 0.433 e. The number of halogens is 3. The van der Waals surface area contributed by atoms with Crippen molar-refractivity contribution in [2.75, 3.05) is 6.54 Å². The van der Waals surface area contributed by atoms with Gasteiger partial charge in [-0.1, -0.05) is 0 Å². The second kappa shape index (κ2) is 5.98. The second-order valence-electron chi connectivity index (χ2n) is 6.08. The highest BCUT2D eigenvalue weighted by molar-refractivity contribution is 7.20. The quantitative estimate of drug-likeness (QED) is 0.875. The zero-order chi connectivity index (χ0) is 18.5. The Bertz CT molecular complexity index is 862. The number of amides is 1. The van der Waals surface area contributed by atoms with E-state index in [0.717, 1.165) is 17.4 Å². The minimum absolute atomic E-state index is 0.150. The van der Waals surface area contributed by atoms with Crippen molar-refractivity contribution in [1.29, 1.82) is 0 Å². The van der Waals surface area contributed by atoms with E-state index in [1.165, 1.54) is 11.0 Å². The number of hydrogen-bond donors (Lipinski definition) is 1. The van der Waals surface area contributed by atoms with E-state index >= 15 is 0 Å². The topological polar surface area (TPSA) is 70.5 Å². The molecule has 1 N–H and O–H groups in total. The fourth-order valence-corrected chi connectivity index (χ4v) is 4.28. The molecule has 3 heterocycles. The summed E-state index contributed by atoms with van der Waals surface area (Å²) >= 11 is 0.911. The predicted octanol–water partition coefficient (Wildman–Crippen LogP) is 3.56. The third-order valence-corrected chi connectivity index (χ3v) is 5.81. The van der Waals surface area contributed by atoms with Crippen LogP contribution in [0.25, 0.3) is 10.2 Å². The molecule has 134 valence electrons. The molecular weight excluding hydrogens is 357 g/mol. The van der Waals surface area contributed by atoms with E-state index in [1.54, 1.807) is 13.8 Å². The van der Waals surface area contributed by atoms with Crippen LogP contribution in [0.4, 0.5) is 13.2 Å². The molecule has 25 heavy (non-hydrogen) atoms. The molecule has 2 unspecified atom stereocenters. The molecule has 2 atom stereocenters. The lowest BCUT2D eigenvalue weighted by atomic mass is 10.0. The first-order valence-electron chi connectivity index (χ1n) is 7.62. The Labute approximate surface area is 145 Å². The van der Waals surface area contributed by atoms with Gasteiger partial charge in [0, 0.05) is 18.0 Å². The van der Waals surface area contributed by atoms with Crippen molar-refractivity contribution in [2.24, 2.45) is 5.92 Å². The minimum atomic E-state index is -4.55. The third kappa shape index (κ3) is 2.97. The zero-order valence-electron chi connectivity index (χ0n) is 13.4. The first-order valence-corrected chi connectivity index (χ1v) is 8.44. The number of fused-ring (bicyclic) bond motifs is 1. The number of aromatic nitrogens is 1. The first kappa shape index (κ1) is 17.7. The van der Waals surface area contributed by atoms with Gasteiger partial charge in [0.2, 0.25) is 0 Å². The van der Waals surface area contributed by atoms with Crippen LogP contribution in [0.3, 0.4) is 0 Å². The molecule has 1 aliphatic heterocycles. The summed E-state index contributed by atoms with van der Waals surface area (Å²) in [4.78, 5) is 29.6. The Hall–Kier alpha value is -2.16. The number of carboxylic acids is 1. The van der Waals surface area contributed by atoms with Gasteiger partial charge in [-0.05, 0) is 38.0 Å². The van der Waals surface area contributed by atoms with E-state index in [2.05, 4.69) is 4.98 Å². The Morgan fingerprint density at radius 3 is 2.60 bits per heavy atom. The summed E-state index contributed by atoms with van der Waals surface area (Å²) in [6.07, 6.45) is -4.18. The monoisotopic (exact) mass is 372 g/mol. The van der Waals surface area contributed by atoms with Gasteiger partial charge in [0.25, 0.3) is 5.91 Å². The van der Waals surface area contributed by atoms with Crippen LogP contribution in [0, 0.1) is 12.8 Å². The fourth-order valence-electron chi connectivity index (χ4n) is 3.15. The molecule has 0 spiro atoms. The summed E-state index contributed by atoms with van der Waals surface area (Å²) < 4.78 is 38.4. The number of carbonyl (C=O) groups is 2. The van der Waals surface area contributed by atoms with Crippen LogP contribution < -0.4 is 0 Å². The maximum Gasteiger partial charge on any atom is 0.433 e. The third-order valence-electron chi connectivity index (χ3n) is 4.62. The fraction of sp³-hybridized carbons (Fsp3) is 0.438. The van der Waals surface area contributed by atoms with Crippen LogP contribution in [0.5, 0.6) is 0 Å². The number of pyridine rings is 1. The summed E-state index contributed by atoms with van der Waals surface area (Å²) in [5.74, 6) is -1.94. The number of alkyl halides is 3. The number of nitrogens with zero attached hydrogens (tertiary/aromatic N) is 2. The molecule has 0 aromatic carbocycles. The van der Waals surface area contributed by atoms with E-state index in [4.69, 9.17) is 0 Å². The molecule has 3 rings (SSSR count). The molecular formula is C16H15F3N2O3S. The Morgan fingerprint density at radius 2 is 2.04 bits per heavy atom. The van der Waals surface area contributed by atoms with Crippen molar-refractivity contribution in [1.82, 2.24) is 9.88 Å². The molecule has 2 aromatic heterocycles. The van der Waals surface area contributed by atoms with Crippen LogP contribution in [-0.2, 0) is 11.0 Å². The summed E-state index contributed by atoms with van der Waals surface area (Å²) in [5, 5.41) is 9.68. The summed E-state index contributed by atoms with van der Waals surface area (Å²) in [5.41, 5.74) is -0.432. The lowest BCUT2D eigenvalue weighted by Gasteiger charge is -2.23. The van der Waals surface area contributed by atoms with Crippen molar-refractivity contribution in [2.45, 2.75) is 32.5 Å². The van der Waals surface area contributed by atoms with Crippen molar-refractivity contribution in [3.8, 4) is 0 Å². The Balaban J connectivity index is 1.97. The van der Waals surface area contributed by atoms with E-state index in [-0.39, 0.29) is 10.7 Å². The van der Waals surface area contributed by atoms with Crippen LogP contribution in [0.15, 0.2) is 12.1 Å². The Morgan fingerprint density at radius 1 is 1.36 bits per heavy atom. The van der Waals surface area contributed by atoms with Gasteiger partial charge in [0.05, 0.1) is 10.8 Å². The molecule has 9 heteroatoms. The van der Waals surface area contributed by atoms with Gasteiger partial charge in [0.1, 0.15) is 10.5 Å². The number of carbonyl (C=O) groups excluding carboxylic acids is 1. The molecule has 1 aliphatic rings. The molecule has 1 fully saturated rings. The van der Waals surface area contributed by atoms with Crippen LogP contribution in [0.1, 0.15) is 34.3 Å². The van der Waals surface area contributed by atoms with Gasteiger partial charge in [-0.3, -0.25) is 9.59 Å². The molecule has 1 saturated heterocycles. The molecule has 2 aromatic rings. The molecule has 0 aliphatic carbocycles. The van der Waals surface area contributed by atoms with Crippen molar-refractivity contribution >= 4 is 33.4 Å². The van der Waals surface area contributed by atoms with Gasteiger partial charge < -0.3 is 10.0 Å². The molecule has 0 radical (unpaired) electrons. The van der Waals surface area contributed by atoms with Crippen LogP contribution in [0.2, 0.25) is 0 Å². The predicted molar refractivity (Wildman–Crippen MR) is 85.6 cm³/mol. The highest BCUT2D eigenvalue weighted by Crippen LogP contribution is 2.36. The van der Waals surface area contributed by atoms with E-state index in [0.29, 0.717) is 28.8 Å². The molecule has 0 saturated carbocycles. The number of hydrogen-bond acceptors (Lipinski definition) is 4. The van der Waals surface area contributed by atoms with E-state index in [1.807, 2.05) is 0 Å². The normalized spacial score (nSPS) is 21.1. The summed E-state index contributed by atoms with van der Waals surface area (Å²) in [7, 11) is 0. The summed E-state index contributed by atoms with van der Waals surface area (Å²) in [6.45, 7) is 3.65.